The molecule has 1 aromatic carbocycles. The van der Waals surface area contributed by atoms with Crippen LogP contribution in [0.5, 0.6) is 11.5 Å². The number of hydrogen-bond donors (Lipinski definition) is 0. The Morgan fingerprint density at radius 3 is 2.42 bits per heavy atom. The average molecular weight is 262 g/mol. The van der Waals surface area contributed by atoms with E-state index in [0.29, 0.717) is 17.2 Å². The van der Waals surface area contributed by atoms with Crippen LogP contribution in [0.2, 0.25) is 0 Å². The first-order valence-electron chi connectivity index (χ1n) is 5.78. The van der Waals surface area contributed by atoms with E-state index in [0.717, 1.165) is 0 Å². The number of rotatable bonds is 4. The first-order chi connectivity index (χ1) is 8.87. The van der Waals surface area contributed by atoms with E-state index in [1.54, 1.807) is 46.2 Å². The van der Waals surface area contributed by atoms with E-state index in [4.69, 9.17) is 14.7 Å². The van der Waals surface area contributed by atoms with Gasteiger partial charge in [0.1, 0.15) is 16.9 Å². The smallest absolute Gasteiger partial charge is 0.246 e. The van der Waals surface area contributed by atoms with Gasteiger partial charge in [0.25, 0.3) is 0 Å². The van der Waals surface area contributed by atoms with Gasteiger partial charge in [0, 0.05) is 13.1 Å². The SMILES string of the molecule is COc1ccc(N(C)C(=O)C(C)(C)C#N)c(OC)c1. The molecule has 0 aliphatic heterocycles. The van der Waals surface area contributed by atoms with Crippen LogP contribution in [0.3, 0.4) is 0 Å². The van der Waals surface area contributed by atoms with E-state index in [9.17, 15) is 4.79 Å². The van der Waals surface area contributed by atoms with E-state index in [1.807, 2.05) is 6.07 Å². The van der Waals surface area contributed by atoms with Crippen molar-refractivity contribution < 1.29 is 14.3 Å². The summed E-state index contributed by atoms with van der Waals surface area (Å²) in [5.74, 6) is 0.864. The summed E-state index contributed by atoms with van der Waals surface area (Å²) < 4.78 is 10.4. The molecule has 0 spiro atoms. The molecule has 0 heterocycles. The molecule has 5 heteroatoms. The van der Waals surface area contributed by atoms with Gasteiger partial charge in [-0.15, -0.1) is 0 Å². The summed E-state index contributed by atoms with van der Waals surface area (Å²) in [6.45, 7) is 3.17. The number of hydrogen-bond acceptors (Lipinski definition) is 4. The van der Waals surface area contributed by atoms with Gasteiger partial charge in [-0.05, 0) is 26.0 Å². The Bertz CT molecular complexity index is 518. The highest BCUT2D eigenvalue weighted by Crippen LogP contribution is 2.33. The van der Waals surface area contributed by atoms with Crippen molar-refractivity contribution in [2.75, 3.05) is 26.2 Å². The normalized spacial score (nSPS) is 10.5. The predicted molar refractivity (Wildman–Crippen MR) is 72.4 cm³/mol. The maximum Gasteiger partial charge on any atom is 0.246 e. The van der Waals surface area contributed by atoms with Gasteiger partial charge in [-0.25, -0.2) is 0 Å². The van der Waals surface area contributed by atoms with E-state index in [2.05, 4.69) is 0 Å². The Hall–Kier alpha value is -2.22. The molecule has 0 saturated heterocycles. The van der Waals surface area contributed by atoms with Gasteiger partial charge in [0.15, 0.2) is 0 Å². The molecule has 19 heavy (non-hydrogen) atoms. The lowest BCUT2D eigenvalue weighted by Gasteiger charge is -2.25. The highest BCUT2D eigenvalue weighted by atomic mass is 16.5. The van der Waals surface area contributed by atoms with Crippen molar-refractivity contribution in [2.24, 2.45) is 5.41 Å². The Labute approximate surface area is 113 Å². The molecule has 0 aromatic heterocycles. The van der Waals surface area contributed by atoms with E-state index < -0.39 is 5.41 Å². The second-order valence-electron chi connectivity index (χ2n) is 4.64. The lowest BCUT2D eigenvalue weighted by molar-refractivity contribution is -0.123. The molecular formula is C14H18N2O3. The van der Waals surface area contributed by atoms with Crippen LogP contribution in [0.4, 0.5) is 5.69 Å². The summed E-state index contributed by atoms with van der Waals surface area (Å²) >= 11 is 0. The second kappa shape index (κ2) is 5.61. The number of carbonyl (C=O) groups excluding carboxylic acids is 1. The molecule has 1 rings (SSSR count). The third-order valence-electron chi connectivity index (χ3n) is 2.87. The summed E-state index contributed by atoms with van der Waals surface area (Å²) in [6.07, 6.45) is 0. The van der Waals surface area contributed by atoms with Crippen LogP contribution in [0.15, 0.2) is 18.2 Å². The largest absolute Gasteiger partial charge is 0.497 e. The van der Waals surface area contributed by atoms with Crippen molar-refractivity contribution in [3.05, 3.63) is 18.2 Å². The van der Waals surface area contributed by atoms with Crippen molar-refractivity contribution in [3.8, 4) is 17.6 Å². The summed E-state index contributed by atoms with van der Waals surface area (Å²) in [4.78, 5) is 13.7. The van der Waals surface area contributed by atoms with E-state index in [1.165, 1.54) is 12.0 Å². The van der Waals surface area contributed by atoms with Crippen molar-refractivity contribution in [2.45, 2.75) is 13.8 Å². The highest BCUT2D eigenvalue weighted by molar-refractivity contribution is 5.99. The number of methoxy groups -OCH3 is 2. The predicted octanol–water partition coefficient (Wildman–Crippen LogP) is 2.22. The Balaban J connectivity index is 3.17. The third kappa shape index (κ3) is 2.97. The zero-order valence-electron chi connectivity index (χ0n) is 11.9. The topological polar surface area (TPSA) is 62.6 Å². The molecular weight excluding hydrogens is 244 g/mol. The molecule has 0 radical (unpaired) electrons. The van der Waals surface area contributed by atoms with E-state index >= 15 is 0 Å². The maximum atomic E-state index is 12.2. The van der Waals surface area contributed by atoms with Crippen LogP contribution in [0, 0.1) is 16.7 Å². The molecule has 0 aliphatic rings. The van der Waals surface area contributed by atoms with Crippen LogP contribution in [-0.4, -0.2) is 27.2 Å². The molecule has 1 amide bonds. The number of benzene rings is 1. The lowest BCUT2D eigenvalue weighted by atomic mass is 9.94. The van der Waals surface area contributed by atoms with Gasteiger partial charge in [0.05, 0.1) is 26.0 Å². The quantitative estimate of drug-likeness (QED) is 0.834. The highest BCUT2D eigenvalue weighted by Gasteiger charge is 2.32. The molecule has 0 aliphatic carbocycles. The molecule has 0 fully saturated rings. The standard InChI is InChI=1S/C14H18N2O3/c1-14(2,9-15)13(17)16(3)11-7-6-10(18-4)8-12(11)19-5/h6-8H,1-5H3. The monoisotopic (exact) mass is 262 g/mol. The van der Waals surface area contributed by atoms with Crippen molar-refractivity contribution >= 4 is 11.6 Å². The second-order valence-corrected chi connectivity index (χ2v) is 4.64. The van der Waals surface area contributed by atoms with Gasteiger partial charge < -0.3 is 14.4 Å². The van der Waals surface area contributed by atoms with Crippen molar-refractivity contribution in [1.29, 1.82) is 5.26 Å². The Kier molecular flexibility index (Phi) is 4.38. The molecule has 0 bridgehead atoms. The molecule has 1 aromatic rings. The van der Waals surface area contributed by atoms with Crippen LogP contribution < -0.4 is 14.4 Å². The van der Waals surface area contributed by atoms with Crippen molar-refractivity contribution in [1.82, 2.24) is 0 Å². The molecule has 0 saturated carbocycles. The fourth-order valence-electron chi connectivity index (χ4n) is 1.64. The number of amides is 1. The van der Waals surface area contributed by atoms with Crippen LogP contribution >= 0.6 is 0 Å². The lowest BCUT2D eigenvalue weighted by Crippen LogP contribution is -2.37. The van der Waals surface area contributed by atoms with Gasteiger partial charge in [-0.3, -0.25) is 4.79 Å². The summed E-state index contributed by atoms with van der Waals surface area (Å²) in [7, 11) is 4.69. The number of ether oxygens (including phenoxy) is 2. The minimum absolute atomic E-state index is 0.293. The first kappa shape index (κ1) is 14.8. The molecule has 102 valence electrons. The molecule has 5 nitrogen and oxygen atoms in total. The fraction of sp³-hybridized carbons (Fsp3) is 0.429. The van der Waals surface area contributed by atoms with Gasteiger partial charge in [0.2, 0.25) is 5.91 Å². The first-order valence-corrected chi connectivity index (χ1v) is 5.78. The molecule has 0 N–H and O–H groups in total. The van der Waals surface area contributed by atoms with Crippen LogP contribution in [0.25, 0.3) is 0 Å². The van der Waals surface area contributed by atoms with Crippen LogP contribution in [-0.2, 0) is 4.79 Å². The fourth-order valence-corrected chi connectivity index (χ4v) is 1.64. The van der Waals surface area contributed by atoms with Gasteiger partial charge >= 0.3 is 0 Å². The maximum absolute atomic E-state index is 12.2. The van der Waals surface area contributed by atoms with Gasteiger partial charge in [-0.1, -0.05) is 0 Å². The third-order valence-corrected chi connectivity index (χ3v) is 2.87. The zero-order valence-corrected chi connectivity index (χ0v) is 11.9. The number of nitriles is 1. The molecule has 0 atom stereocenters. The number of nitrogens with zero attached hydrogens (tertiary/aromatic N) is 2. The minimum atomic E-state index is -1.08. The zero-order chi connectivity index (χ0) is 14.6. The van der Waals surface area contributed by atoms with E-state index in [-0.39, 0.29) is 5.91 Å². The summed E-state index contributed by atoms with van der Waals surface area (Å²) in [6, 6.07) is 7.15. The average Bonchev–Trinajstić information content (AvgIpc) is 2.44. The Morgan fingerprint density at radius 2 is 1.95 bits per heavy atom. The minimum Gasteiger partial charge on any atom is -0.497 e. The van der Waals surface area contributed by atoms with Crippen LogP contribution in [0.1, 0.15) is 13.8 Å². The summed E-state index contributed by atoms with van der Waals surface area (Å²) in [5, 5.41) is 9.02. The van der Waals surface area contributed by atoms with Gasteiger partial charge in [-0.2, -0.15) is 5.26 Å². The molecule has 0 unspecified atom stereocenters. The number of carbonyl (C=O) groups is 1. The summed E-state index contributed by atoms with van der Waals surface area (Å²) in [5.41, 5.74) is -0.490. The Morgan fingerprint density at radius 1 is 1.32 bits per heavy atom. The van der Waals surface area contributed by atoms with Crippen molar-refractivity contribution in [3.63, 3.8) is 0 Å². The number of anilines is 1.